The van der Waals surface area contributed by atoms with Gasteiger partial charge in [-0.05, 0) is 23.6 Å². The van der Waals surface area contributed by atoms with Crippen LogP contribution in [0, 0.1) is 0 Å². The van der Waals surface area contributed by atoms with E-state index in [-0.39, 0.29) is 22.8 Å². The van der Waals surface area contributed by atoms with Crippen LogP contribution in [0.5, 0.6) is 0 Å². The van der Waals surface area contributed by atoms with Gasteiger partial charge in [0.1, 0.15) is 11.7 Å². The molecule has 0 aliphatic rings. The summed E-state index contributed by atoms with van der Waals surface area (Å²) in [6.45, 7) is 4.32. The van der Waals surface area contributed by atoms with E-state index in [9.17, 15) is 4.79 Å². The van der Waals surface area contributed by atoms with Crippen LogP contribution >= 0.6 is 23.2 Å². The Labute approximate surface area is 127 Å². The topological polar surface area (TPSA) is 46.9 Å². The minimum atomic E-state index is -0.182. The van der Waals surface area contributed by atoms with E-state index in [0.29, 0.717) is 5.92 Å². The lowest BCUT2D eigenvalue weighted by molar-refractivity contribution is -0.116. The first-order valence-corrected chi connectivity index (χ1v) is 6.99. The van der Waals surface area contributed by atoms with E-state index < -0.39 is 0 Å². The molecular weight excluding hydrogens is 297 g/mol. The van der Waals surface area contributed by atoms with E-state index in [0.717, 1.165) is 5.69 Å². The molecule has 0 bridgehead atoms. The third kappa shape index (κ3) is 3.52. The average Bonchev–Trinajstić information content (AvgIpc) is 2.71. The van der Waals surface area contributed by atoms with Crippen molar-refractivity contribution in [3.63, 3.8) is 0 Å². The summed E-state index contributed by atoms with van der Waals surface area (Å²) in [5, 5.41) is 3.26. The van der Waals surface area contributed by atoms with E-state index in [1.54, 1.807) is 0 Å². The molecule has 1 aromatic carbocycles. The Morgan fingerprint density at radius 1 is 1.30 bits per heavy atom. The maximum atomic E-state index is 11.9. The molecule has 0 saturated heterocycles. The zero-order chi connectivity index (χ0) is 14.7. The molecule has 1 amide bonds. The number of carbonyl (C=O) groups is 1. The molecule has 0 unspecified atom stereocenters. The highest BCUT2D eigenvalue weighted by atomic mass is 35.5. The van der Waals surface area contributed by atoms with Crippen molar-refractivity contribution in [2.45, 2.75) is 26.3 Å². The monoisotopic (exact) mass is 311 g/mol. The van der Waals surface area contributed by atoms with Crippen molar-refractivity contribution >= 4 is 34.8 Å². The summed E-state index contributed by atoms with van der Waals surface area (Å²) in [5.41, 5.74) is 1.98. The van der Waals surface area contributed by atoms with Crippen LogP contribution in [0.15, 0.2) is 30.6 Å². The van der Waals surface area contributed by atoms with Crippen molar-refractivity contribution in [1.82, 2.24) is 9.55 Å². The smallest absolute Gasteiger partial charge is 0.244 e. The number of aromatic nitrogens is 2. The summed E-state index contributed by atoms with van der Waals surface area (Å²) in [6.07, 6.45) is 1.44. The minimum Gasteiger partial charge on any atom is -0.325 e. The summed E-state index contributed by atoms with van der Waals surface area (Å²) in [5.74, 6) is 0.282. The molecule has 0 spiro atoms. The summed E-state index contributed by atoms with van der Waals surface area (Å²) in [7, 11) is 0. The van der Waals surface area contributed by atoms with Crippen molar-refractivity contribution < 1.29 is 4.79 Å². The fraction of sp³-hybridized carbons (Fsp3) is 0.286. The van der Waals surface area contributed by atoms with Gasteiger partial charge in [-0.25, -0.2) is 4.98 Å². The number of carbonyl (C=O) groups excluding carboxylic acids is 1. The molecule has 0 aliphatic carbocycles. The average molecular weight is 312 g/mol. The largest absolute Gasteiger partial charge is 0.325 e. The molecule has 0 fully saturated rings. The van der Waals surface area contributed by atoms with Crippen LogP contribution in [0.4, 0.5) is 5.69 Å². The van der Waals surface area contributed by atoms with Crippen LogP contribution in [0.3, 0.4) is 0 Å². The van der Waals surface area contributed by atoms with Crippen molar-refractivity contribution in [1.29, 1.82) is 0 Å². The molecule has 2 rings (SSSR count). The molecule has 1 aromatic heterocycles. The Bertz CT molecular complexity index is 605. The molecule has 1 N–H and O–H groups in total. The van der Waals surface area contributed by atoms with Crippen LogP contribution < -0.4 is 5.32 Å². The summed E-state index contributed by atoms with van der Waals surface area (Å²) < 4.78 is 1.49. The van der Waals surface area contributed by atoms with Gasteiger partial charge in [-0.15, -0.1) is 0 Å². The molecule has 0 radical (unpaired) electrons. The van der Waals surface area contributed by atoms with Crippen LogP contribution in [-0.2, 0) is 11.3 Å². The van der Waals surface area contributed by atoms with Crippen LogP contribution in [0.1, 0.15) is 25.3 Å². The van der Waals surface area contributed by atoms with E-state index in [4.69, 9.17) is 23.2 Å². The summed E-state index contributed by atoms with van der Waals surface area (Å²) >= 11 is 11.6. The zero-order valence-electron chi connectivity index (χ0n) is 11.2. The highest BCUT2D eigenvalue weighted by Gasteiger charge is 2.10. The Morgan fingerprint density at radius 3 is 2.45 bits per heavy atom. The van der Waals surface area contributed by atoms with Gasteiger partial charge in [-0.1, -0.05) is 49.2 Å². The number of amides is 1. The third-order valence-corrected chi connectivity index (χ3v) is 3.68. The molecular formula is C14H15Cl2N3O. The quantitative estimate of drug-likeness (QED) is 0.929. The van der Waals surface area contributed by atoms with Crippen molar-refractivity contribution in [2.75, 3.05) is 5.32 Å². The van der Waals surface area contributed by atoms with Gasteiger partial charge in [0, 0.05) is 5.69 Å². The number of rotatable bonds is 4. The fourth-order valence-electron chi connectivity index (χ4n) is 1.76. The number of anilines is 1. The van der Waals surface area contributed by atoms with E-state index in [2.05, 4.69) is 24.1 Å². The van der Waals surface area contributed by atoms with Crippen molar-refractivity contribution in [2.24, 2.45) is 0 Å². The molecule has 0 saturated carbocycles. The van der Waals surface area contributed by atoms with Gasteiger partial charge in [0.15, 0.2) is 5.15 Å². The second-order valence-corrected chi connectivity index (χ2v) is 5.50. The number of hydrogen-bond donors (Lipinski definition) is 1. The Morgan fingerprint density at radius 2 is 1.95 bits per heavy atom. The Balaban J connectivity index is 1.99. The van der Waals surface area contributed by atoms with Gasteiger partial charge in [-0.2, -0.15) is 0 Å². The van der Waals surface area contributed by atoms with E-state index >= 15 is 0 Å². The van der Waals surface area contributed by atoms with Gasteiger partial charge in [0.05, 0.1) is 6.33 Å². The molecule has 106 valence electrons. The number of imidazole rings is 1. The molecule has 6 heteroatoms. The first-order chi connectivity index (χ1) is 9.47. The molecule has 1 heterocycles. The number of nitrogens with one attached hydrogen (secondary N) is 1. The first-order valence-electron chi connectivity index (χ1n) is 6.23. The first kappa shape index (κ1) is 14.9. The highest BCUT2D eigenvalue weighted by molar-refractivity contribution is 6.40. The standard InChI is InChI=1S/C14H15Cl2N3O/c1-9(2)10-3-5-11(6-4-10)18-12(20)7-19-8-17-13(15)14(19)16/h3-6,8-9H,7H2,1-2H3,(H,18,20). The fourth-order valence-corrected chi connectivity index (χ4v) is 2.06. The second kappa shape index (κ2) is 6.29. The minimum absolute atomic E-state index is 0.0739. The van der Waals surface area contributed by atoms with Gasteiger partial charge < -0.3 is 9.88 Å². The predicted octanol–water partition coefficient (Wildman–Crippen LogP) is 3.95. The summed E-state index contributed by atoms with van der Waals surface area (Å²) in [4.78, 5) is 15.7. The van der Waals surface area contributed by atoms with E-state index in [1.807, 2.05) is 24.3 Å². The van der Waals surface area contributed by atoms with Gasteiger partial charge in [-0.3, -0.25) is 4.79 Å². The van der Waals surface area contributed by atoms with Crippen LogP contribution in [-0.4, -0.2) is 15.5 Å². The molecule has 20 heavy (non-hydrogen) atoms. The lowest BCUT2D eigenvalue weighted by Crippen LogP contribution is -2.18. The molecule has 0 atom stereocenters. The maximum absolute atomic E-state index is 11.9. The Kier molecular flexibility index (Phi) is 4.68. The van der Waals surface area contributed by atoms with Crippen molar-refractivity contribution in [3.05, 3.63) is 46.5 Å². The van der Waals surface area contributed by atoms with Crippen molar-refractivity contribution in [3.8, 4) is 0 Å². The van der Waals surface area contributed by atoms with Crippen LogP contribution in [0.2, 0.25) is 10.3 Å². The lowest BCUT2D eigenvalue weighted by Gasteiger charge is -2.09. The predicted molar refractivity (Wildman–Crippen MR) is 81.4 cm³/mol. The second-order valence-electron chi connectivity index (χ2n) is 4.78. The molecule has 2 aromatic rings. The maximum Gasteiger partial charge on any atom is 0.244 e. The number of halogens is 2. The van der Waals surface area contributed by atoms with E-state index in [1.165, 1.54) is 16.5 Å². The lowest BCUT2D eigenvalue weighted by atomic mass is 10.0. The van der Waals surface area contributed by atoms with Gasteiger partial charge in [0.25, 0.3) is 0 Å². The van der Waals surface area contributed by atoms with Gasteiger partial charge >= 0.3 is 0 Å². The SMILES string of the molecule is CC(C)c1ccc(NC(=O)Cn2cnc(Cl)c2Cl)cc1. The zero-order valence-corrected chi connectivity index (χ0v) is 12.7. The van der Waals surface area contributed by atoms with Gasteiger partial charge in [0.2, 0.25) is 5.91 Å². The Hall–Kier alpha value is -1.52. The number of hydrogen-bond acceptors (Lipinski definition) is 2. The number of benzene rings is 1. The molecule has 4 nitrogen and oxygen atoms in total. The highest BCUT2D eigenvalue weighted by Crippen LogP contribution is 2.20. The molecule has 0 aliphatic heterocycles. The van der Waals surface area contributed by atoms with Crippen LogP contribution in [0.25, 0.3) is 0 Å². The number of nitrogens with zero attached hydrogens (tertiary/aromatic N) is 2. The third-order valence-electron chi connectivity index (χ3n) is 2.91. The normalized spacial score (nSPS) is 10.8. The summed E-state index contributed by atoms with van der Waals surface area (Å²) in [6, 6.07) is 7.77.